The molecule has 0 bridgehead atoms. The van der Waals surface area contributed by atoms with E-state index in [1.807, 2.05) is 6.07 Å². The van der Waals surface area contributed by atoms with E-state index in [1.165, 1.54) is 12.2 Å². The van der Waals surface area contributed by atoms with Crippen LogP contribution >= 0.6 is 0 Å². The molecule has 3 amide bonds. The summed E-state index contributed by atoms with van der Waals surface area (Å²) in [5, 5.41) is 5.39. The van der Waals surface area contributed by atoms with Crippen molar-refractivity contribution in [2.75, 3.05) is 18.4 Å². The molecule has 2 aliphatic carbocycles. The highest BCUT2D eigenvalue weighted by molar-refractivity contribution is 6.06. The second-order valence-corrected chi connectivity index (χ2v) is 11.4. The minimum Gasteiger partial charge on any atom is -0.340 e. The number of rotatable bonds is 4. The molecule has 4 aliphatic rings. The molecule has 3 unspecified atom stereocenters. The van der Waals surface area contributed by atoms with E-state index in [0.717, 1.165) is 22.8 Å². The lowest BCUT2D eigenvalue weighted by atomic mass is 9.79. The predicted molar refractivity (Wildman–Crippen MR) is 142 cm³/mol. The average molecular weight is 587 g/mol. The molecule has 2 aliphatic heterocycles. The maximum atomic E-state index is 14.7. The Morgan fingerprint density at radius 2 is 1.93 bits per heavy atom. The third kappa shape index (κ3) is 4.96. The zero-order valence-corrected chi connectivity index (χ0v) is 22.3. The molecule has 1 saturated heterocycles. The zero-order valence-electron chi connectivity index (χ0n) is 22.3. The molecule has 42 heavy (non-hydrogen) atoms. The highest BCUT2D eigenvalue weighted by Gasteiger charge is 2.51. The summed E-state index contributed by atoms with van der Waals surface area (Å²) in [4.78, 5) is 44.3. The van der Waals surface area contributed by atoms with Gasteiger partial charge in [0.15, 0.2) is 6.17 Å². The summed E-state index contributed by atoms with van der Waals surface area (Å²) in [5.41, 5.74) is 1.78. The van der Waals surface area contributed by atoms with Gasteiger partial charge in [-0.25, -0.2) is 13.8 Å². The Balaban J connectivity index is 1.21. The molecule has 12 heteroatoms. The first kappa shape index (κ1) is 28.0. The van der Waals surface area contributed by atoms with Gasteiger partial charge in [0.25, 0.3) is 5.91 Å². The smallest absolute Gasteiger partial charge is 0.340 e. The first-order chi connectivity index (χ1) is 19.9. The van der Waals surface area contributed by atoms with Crippen molar-refractivity contribution < 1.29 is 36.3 Å². The van der Waals surface area contributed by atoms with E-state index in [1.54, 1.807) is 30.5 Å². The molecule has 1 spiro atoms. The van der Waals surface area contributed by atoms with Gasteiger partial charge in [0.1, 0.15) is 24.2 Å². The van der Waals surface area contributed by atoms with Crippen molar-refractivity contribution in [3.63, 3.8) is 0 Å². The molecule has 1 aromatic heterocycles. The number of allylic oxidation sites excluding steroid dienone is 4. The number of fused-ring (bicyclic) bond motifs is 3. The van der Waals surface area contributed by atoms with Gasteiger partial charge in [-0.3, -0.25) is 14.4 Å². The molecule has 220 valence electrons. The number of nitrogens with zero attached hydrogens (tertiary/aromatic N) is 2. The van der Waals surface area contributed by atoms with Crippen LogP contribution in [0, 0.1) is 11.8 Å². The molecule has 7 nitrogen and oxygen atoms in total. The number of carbonyl (C=O) groups excluding carboxylic acids is 3. The van der Waals surface area contributed by atoms with Crippen molar-refractivity contribution in [2.24, 2.45) is 11.8 Å². The fourth-order valence-electron chi connectivity index (χ4n) is 6.69. The van der Waals surface area contributed by atoms with Gasteiger partial charge in [-0.1, -0.05) is 24.3 Å². The number of anilines is 1. The van der Waals surface area contributed by atoms with E-state index >= 15 is 0 Å². The SMILES string of the molecule is O=C(N[C@@H]1CC[C@@H](C2C=CC=C(F)C2F)CN(CC(F)(F)F)C1=O)c1ccc2c(c1)CC1(C2)C(=O)Nc2ncccc21. The molecule has 1 fully saturated rings. The first-order valence-corrected chi connectivity index (χ1v) is 13.7. The number of halogens is 5. The Morgan fingerprint density at radius 3 is 2.71 bits per heavy atom. The van der Waals surface area contributed by atoms with E-state index in [9.17, 15) is 36.3 Å². The second kappa shape index (κ2) is 10.3. The van der Waals surface area contributed by atoms with Gasteiger partial charge in [-0.2, -0.15) is 13.2 Å². The largest absolute Gasteiger partial charge is 0.406 e. The van der Waals surface area contributed by atoms with Crippen molar-refractivity contribution in [2.45, 2.75) is 49.5 Å². The number of hydrogen-bond donors (Lipinski definition) is 2. The standard InChI is InChI=1S/C30H27F5N4O3/c31-22-5-1-3-20(24(22)32)18-8-9-23(27(41)39(14-18)15-30(33,34)35)37-26(40)16-6-7-17-12-29(13-19(17)11-16)21-4-2-10-36-25(21)38-28(29)42/h1-7,10-11,18,20,23-24H,8-9,12-15H2,(H,37,40)(H,36,38,42)/t18-,20?,23-,24?,29?/m1/s1. The van der Waals surface area contributed by atoms with Gasteiger partial charge in [-0.15, -0.1) is 0 Å². The number of alkyl halides is 4. The summed E-state index contributed by atoms with van der Waals surface area (Å²) in [6.07, 6.45) is -0.646. The lowest BCUT2D eigenvalue weighted by molar-refractivity contribution is -0.162. The Hall–Kier alpha value is -4.09. The second-order valence-electron chi connectivity index (χ2n) is 11.4. The van der Waals surface area contributed by atoms with E-state index in [0.29, 0.717) is 23.6 Å². The Morgan fingerprint density at radius 1 is 1.14 bits per heavy atom. The molecule has 1 aromatic carbocycles. The summed E-state index contributed by atoms with van der Waals surface area (Å²) >= 11 is 0. The molecule has 2 N–H and O–H groups in total. The van der Waals surface area contributed by atoms with Crippen LogP contribution in [0.25, 0.3) is 0 Å². The van der Waals surface area contributed by atoms with Crippen molar-refractivity contribution in [1.29, 1.82) is 0 Å². The molecule has 6 rings (SSSR count). The number of hydrogen-bond acceptors (Lipinski definition) is 4. The van der Waals surface area contributed by atoms with E-state index < -0.39 is 66.4 Å². The van der Waals surface area contributed by atoms with E-state index in [4.69, 9.17) is 0 Å². The van der Waals surface area contributed by atoms with Gasteiger partial charge < -0.3 is 15.5 Å². The molecular formula is C30H27F5N4O3. The molecule has 0 saturated carbocycles. The molecule has 5 atom stereocenters. The van der Waals surface area contributed by atoms with E-state index in [-0.39, 0.29) is 24.3 Å². The molecule has 2 aromatic rings. The highest BCUT2D eigenvalue weighted by Crippen LogP contribution is 2.46. The monoisotopic (exact) mass is 586 g/mol. The van der Waals surface area contributed by atoms with Crippen LogP contribution in [0.5, 0.6) is 0 Å². The first-order valence-electron chi connectivity index (χ1n) is 13.7. The molecular weight excluding hydrogens is 559 g/mol. The highest BCUT2D eigenvalue weighted by atomic mass is 19.4. The zero-order chi connectivity index (χ0) is 29.8. The average Bonchev–Trinajstić information content (AvgIpc) is 3.41. The Kier molecular flexibility index (Phi) is 6.89. The topological polar surface area (TPSA) is 91.4 Å². The van der Waals surface area contributed by atoms with E-state index in [2.05, 4.69) is 15.6 Å². The van der Waals surface area contributed by atoms with Crippen LogP contribution in [0.2, 0.25) is 0 Å². The van der Waals surface area contributed by atoms with Gasteiger partial charge in [0.2, 0.25) is 11.8 Å². The number of benzene rings is 1. The van der Waals surface area contributed by atoms with Gasteiger partial charge >= 0.3 is 6.18 Å². The van der Waals surface area contributed by atoms with Crippen LogP contribution in [0.4, 0.5) is 27.8 Å². The van der Waals surface area contributed by atoms with Crippen LogP contribution < -0.4 is 10.6 Å². The van der Waals surface area contributed by atoms with Crippen LogP contribution in [0.3, 0.4) is 0 Å². The minimum atomic E-state index is -4.72. The lowest BCUT2D eigenvalue weighted by Gasteiger charge is -2.31. The maximum absolute atomic E-state index is 14.7. The number of pyridine rings is 1. The summed E-state index contributed by atoms with van der Waals surface area (Å²) in [5.74, 6) is -4.10. The van der Waals surface area contributed by atoms with Crippen molar-refractivity contribution in [3.8, 4) is 0 Å². The normalized spacial score (nSPS) is 28.7. The maximum Gasteiger partial charge on any atom is 0.406 e. The number of aromatic nitrogens is 1. The molecule has 0 radical (unpaired) electrons. The number of nitrogens with one attached hydrogen (secondary N) is 2. The number of carbonyl (C=O) groups is 3. The van der Waals surface area contributed by atoms with Gasteiger partial charge in [0.05, 0.1) is 5.41 Å². The fraction of sp³-hybridized carbons (Fsp3) is 0.400. The number of likely N-dealkylation sites (tertiary alicyclic amines) is 1. The minimum absolute atomic E-state index is 0.0377. The summed E-state index contributed by atoms with van der Waals surface area (Å²) in [7, 11) is 0. The van der Waals surface area contributed by atoms with Gasteiger partial charge in [-0.05, 0) is 67.0 Å². The van der Waals surface area contributed by atoms with Crippen LogP contribution in [0.1, 0.15) is 39.9 Å². The lowest BCUT2D eigenvalue weighted by Crippen LogP contribution is -2.50. The number of amides is 3. The van der Waals surface area contributed by atoms with Crippen molar-refractivity contribution in [3.05, 3.63) is 82.8 Å². The Labute approximate surface area is 237 Å². The van der Waals surface area contributed by atoms with Crippen LogP contribution in [0.15, 0.2) is 60.6 Å². The van der Waals surface area contributed by atoms with Crippen LogP contribution in [-0.4, -0.2) is 59.1 Å². The summed E-state index contributed by atoms with van der Waals surface area (Å²) in [6, 6.07) is 7.24. The Bertz CT molecular complexity index is 1520. The fourth-order valence-corrected chi connectivity index (χ4v) is 6.69. The predicted octanol–water partition coefficient (Wildman–Crippen LogP) is 4.35. The molecule has 3 heterocycles. The third-order valence-electron chi connectivity index (χ3n) is 8.74. The quantitative estimate of drug-likeness (QED) is 0.522. The van der Waals surface area contributed by atoms with Crippen molar-refractivity contribution in [1.82, 2.24) is 15.2 Å². The summed E-state index contributed by atoms with van der Waals surface area (Å²) < 4.78 is 68.8. The van der Waals surface area contributed by atoms with Gasteiger partial charge in [0, 0.05) is 29.8 Å². The third-order valence-corrected chi connectivity index (χ3v) is 8.74. The van der Waals surface area contributed by atoms with Crippen molar-refractivity contribution >= 4 is 23.5 Å². The summed E-state index contributed by atoms with van der Waals surface area (Å²) in [6.45, 7) is -1.99. The van der Waals surface area contributed by atoms with Crippen LogP contribution in [-0.2, 0) is 27.8 Å².